The van der Waals surface area contributed by atoms with Crippen molar-refractivity contribution < 1.29 is 4.79 Å². The molecule has 0 aromatic heterocycles. The van der Waals surface area contributed by atoms with Crippen molar-refractivity contribution in [3.8, 4) is 0 Å². The van der Waals surface area contributed by atoms with Crippen molar-refractivity contribution in [2.24, 2.45) is 0 Å². The topological polar surface area (TPSA) is 35.6 Å². The molecule has 1 fully saturated rings. The first-order valence-electron chi connectivity index (χ1n) is 7.48. The summed E-state index contributed by atoms with van der Waals surface area (Å²) in [4.78, 5) is 15.7. The minimum atomic E-state index is 0.0953. The Kier molecular flexibility index (Phi) is 5.48. The lowest BCUT2D eigenvalue weighted by atomic mass is 10.1. The minimum Gasteiger partial charge on any atom is -0.362 e. The van der Waals surface area contributed by atoms with Crippen molar-refractivity contribution in [3.63, 3.8) is 0 Å². The van der Waals surface area contributed by atoms with Crippen molar-refractivity contribution in [1.82, 2.24) is 10.2 Å². The summed E-state index contributed by atoms with van der Waals surface area (Å²) in [5.74, 6) is 0.0953. The van der Waals surface area contributed by atoms with Crippen LogP contribution in [0.1, 0.15) is 25.3 Å². The highest BCUT2D eigenvalue weighted by molar-refractivity contribution is 6.31. The van der Waals surface area contributed by atoms with Crippen LogP contribution in [0, 0.1) is 0 Å². The van der Waals surface area contributed by atoms with Gasteiger partial charge in [-0.25, -0.2) is 0 Å². The number of anilines is 1. The summed E-state index contributed by atoms with van der Waals surface area (Å²) in [6, 6.07) is 6.53. The lowest BCUT2D eigenvalue weighted by Crippen LogP contribution is -2.37. The largest absolute Gasteiger partial charge is 0.362 e. The maximum Gasteiger partial charge on any atom is 0.241 e. The molecule has 0 bridgehead atoms. The van der Waals surface area contributed by atoms with E-state index in [0.29, 0.717) is 12.6 Å². The van der Waals surface area contributed by atoms with E-state index in [1.54, 1.807) is 19.0 Å². The molecule has 0 saturated heterocycles. The Balaban J connectivity index is 2.18. The first-order chi connectivity index (χ1) is 10.0. The van der Waals surface area contributed by atoms with E-state index in [4.69, 9.17) is 11.6 Å². The van der Waals surface area contributed by atoms with Crippen LogP contribution in [0.2, 0.25) is 5.02 Å². The van der Waals surface area contributed by atoms with E-state index in [9.17, 15) is 4.79 Å². The predicted octanol–water partition coefficient (Wildman–Crippen LogP) is 2.51. The van der Waals surface area contributed by atoms with Crippen LogP contribution in [0.4, 0.5) is 5.69 Å². The van der Waals surface area contributed by atoms with Gasteiger partial charge in [0.1, 0.15) is 0 Å². The van der Waals surface area contributed by atoms with E-state index in [1.165, 1.54) is 12.8 Å². The van der Waals surface area contributed by atoms with Gasteiger partial charge in [-0.15, -0.1) is 0 Å². The monoisotopic (exact) mass is 309 g/mol. The molecular weight excluding hydrogens is 286 g/mol. The smallest absolute Gasteiger partial charge is 0.241 e. The summed E-state index contributed by atoms with van der Waals surface area (Å²) in [7, 11) is 3.56. The second-order valence-electron chi connectivity index (χ2n) is 5.70. The predicted molar refractivity (Wildman–Crippen MR) is 87.9 cm³/mol. The van der Waals surface area contributed by atoms with E-state index >= 15 is 0 Å². The van der Waals surface area contributed by atoms with Crippen LogP contribution in [-0.4, -0.2) is 44.0 Å². The zero-order valence-electron chi connectivity index (χ0n) is 13.0. The number of amides is 1. The lowest BCUT2D eigenvalue weighted by molar-refractivity contribution is -0.127. The molecule has 1 aliphatic carbocycles. The Morgan fingerprint density at radius 1 is 1.38 bits per heavy atom. The number of carbonyl (C=O) groups is 1. The molecule has 1 aromatic rings. The van der Waals surface area contributed by atoms with Crippen LogP contribution in [0.25, 0.3) is 0 Å². The molecule has 1 aliphatic rings. The molecule has 5 heteroatoms. The number of likely N-dealkylation sites (N-methyl/N-ethyl adjacent to an activating group) is 2. The second-order valence-corrected chi connectivity index (χ2v) is 6.10. The standard InChI is InChI=1S/C16H24ClN3O/c1-4-20(11-16(21)19(2)3)15-7-5-6-14(17)13(15)10-18-12-8-9-12/h5-7,12,18H,4,8-11H2,1-3H3. The van der Waals surface area contributed by atoms with Crippen molar-refractivity contribution in [2.45, 2.75) is 32.4 Å². The van der Waals surface area contributed by atoms with Gasteiger partial charge in [-0.3, -0.25) is 4.79 Å². The highest BCUT2D eigenvalue weighted by Gasteiger charge is 2.22. The van der Waals surface area contributed by atoms with Gasteiger partial charge in [-0.2, -0.15) is 0 Å². The Labute approximate surface area is 132 Å². The van der Waals surface area contributed by atoms with E-state index in [1.807, 2.05) is 18.2 Å². The minimum absolute atomic E-state index is 0.0953. The molecule has 1 N–H and O–H groups in total. The molecule has 1 aromatic carbocycles. The number of halogens is 1. The quantitative estimate of drug-likeness (QED) is 0.840. The third-order valence-corrected chi connectivity index (χ3v) is 4.14. The van der Waals surface area contributed by atoms with Crippen molar-refractivity contribution in [2.75, 3.05) is 32.1 Å². The first kappa shape index (κ1) is 16.1. The maximum atomic E-state index is 12.0. The molecule has 4 nitrogen and oxygen atoms in total. The van der Waals surface area contributed by atoms with Crippen molar-refractivity contribution in [3.05, 3.63) is 28.8 Å². The fraction of sp³-hybridized carbons (Fsp3) is 0.562. The highest BCUT2D eigenvalue weighted by Crippen LogP contribution is 2.29. The molecule has 0 spiro atoms. The molecule has 0 atom stereocenters. The normalized spacial score (nSPS) is 14.1. The van der Waals surface area contributed by atoms with Crippen LogP contribution in [-0.2, 0) is 11.3 Å². The van der Waals surface area contributed by atoms with Gasteiger partial charge in [0.05, 0.1) is 6.54 Å². The number of nitrogens with one attached hydrogen (secondary N) is 1. The molecule has 1 saturated carbocycles. The fourth-order valence-corrected chi connectivity index (χ4v) is 2.46. The molecule has 0 heterocycles. The fourth-order valence-electron chi connectivity index (χ4n) is 2.22. The SMILES string of the molecule is CCN(CC(=O)N(C)C)c1cccc(Cl)c1CNC1CC1. The van der Waals surface area contributed by atoms with Gasteiger partial charge in [0.15, 0.2) is 0 Å². The van der Waals surface area contributed by atoms with E-state index in [2.05, 4.69) is 17.1 Å². The van der Waals surface area contributed by atoms with Gasteiger partial charge >= 0.3 is 0 Å². The number of benzene rings is 1. The Morgan fingerprint density at radius 3 is 2.67 bits per heavy atom. The average molecular weight is 310 g/mol. The maximum absolute atomic E-state index is 12.0. The van der Waals surface area contributed by atoms with Crippen LogP contribution in [0.5, 0.6) is 0 Å². The molecule has 21 heavy (non-hydrogen) atoms. The first-order valence-corrected chi connectivity index (χ1v) is 7.86. The number of hydrogen-bond acceptors (Lipinski definition) is 3. The molecule has 0 radical (unpaired) electrons. The summed E-state index contributed by atoms with van der Waals surface area (Å²) >= 11 is 6.37. The molecule has 1 amide bonds. The van der Waals surface area contributed by atoms with Gasteiger partial charge in [0, 0.05) is 49.5 Å². The zero-order chi connectivity index (χ0) is 15.4. The number of rotatable bonds is 7. The van der Waals surface area contributed by atoms with Crippen LogP contribution < -0.4 is 10.2 Å². The second kappa shape index (κ2) is 7.14. The Bertz CT molecular complexity index is 500. The summed E-state index contributed by atoms with van der Waals surface area (Å²) < 4.78 is 0. The number of carbonyl (C=O) groups excluding carboxylic acids is 1. The van der Waals surface area contributed by atoms with Crippen LogP contribution in [0.15, 0.2) is 18.2 Å². The number of hydrogen-bond donors (Lipinski definition) is 1. The van der Waals surface area contributed by atoms with Crippen LogP contribution in [0.3, 0.4) is 0 Å². The third kappa shape index (κ3) is 4.35. The lowest BCUT2D eigenvalue weighted by Gasteiger charge is -2.27. The van der Waals surface area contributed by atoms with Crippen LogP contribution >= 0.6 is 11.6 Å². The van der Waals surface area contributed by atoms with Gasteiger partial charge in [-0.1, -0.05) is 17.7 Å². The molecular formula is C16H24ClN3O. The molecule has 2 rings (SSSR count). The summed E-state index contributed by atoms with van der Waals surface area (Å²) in [6.07, 6.45) is 2.49. The summed E-state index contributed by atoms with van der Waals surface area (Å²) in [5, 5.41) is 4.26. The third-order valence-electron chi connectivity index (χ3n) is 3.79. The molecule has 0 aliphatic heterocycles. The Hall–Kier alpha value is -1.26. The zero-order valence-corrected chi connectivity index (χ0v) is 13.8. The average Bonchev–Trinajstić information content (AvgIpc) is 3.27. The van der Waals surface area contributed by atoms with Crippen molar-refractivity contribution in [1.29, 1.82) is 0 Å². The molecule has 0 unspecified atom stereocenters. The van der Waals surface area contributed by atoms with Crippen molar-refractivity contribution >= 4 is 23.2 Å². The molecule has 116 valence electrons. The van der Waals surface area contributed by atoms with E-state index in [0.717, 1.165) is 29.4 Å². The summed E-state index contributed by atoms with van der Waals surface area (Å²) in [5.41, 5.74) is 2.13. The number of nitrogens with zero attached hydrogens (tertiary/aromatic N) is 2. The van der Waals surface area contributed by atoms with E-state index < -0.39 is 0 Å². The van der Waals surface area contributed by atoms with E-state index in [-0.39, 0.29) is 5.91 Å². The van der Waals surface area contributed by atoms with Gasteiger partial charge < -0.3 is 15.1 Å². The Morgan fingerprint density at radius 2 is 2.10 bits per heavy atom. The summed E-state index contributed by atoms with van der Waals surface area (Å²) in [6.45, 7) is 3.96. The van der Waals surface area contributed by atoms with Gasteiger partial charge in [0.2, 0.25) is 5.91 Å². The van der Waals surface area contributed by atoms with Gasteiger partial charge in [0.25, 0.3) is 0 Å². The van der Waals surface area contributed by atoms with Gasteiger partial charge in [-0.05, 0) is 31.9 Å². The highest BCUT2D eigenvalue weighted by atomic mass is 35.5.